The molecule has 0 amide bonds. The summed E-state index contributed by atoms with van der Waals surface area (Å²) < 4.78 is 0. The van der Waals surface area contributed by atoms with Gasteiger partial charge in [-0.15, -0.1) is 0 Å². The van der Waals surface area contributed by atoms with Gasteiger partial charge in [0, 0.05) is 45.6 Å². The largest absolute Gasteiger partial charge is 0.363 e. The molecular formula is C17H24N6. The Hall–Kier alpha value is -2.37. The smallest absolute Gasteiger partial charge is 0.224 e. The molecule has 1 saturated heterocycles. The van der Waals surface area contributed by atoms with E-state index in [1.807, 2.05) is 32.0 Å². The molecule has 6 nitrogen and oxygen atoms in total. The number of anilines is 3. The zero-order valence-electron chi connectivity index (χ0n) is 14.1. The maximum Gasteiger partial charge on any atom is 0.224 e. The molecule has 0 aromatic carbocycles. The molecule has 0 bridgehead atoms. The summed E-state index contributed by atoms with van der Waals surface area (Å²) in [6, 6.07) is 6.18. The number of aryl methyl sites for hydroxylation is 1. The van der Waals surface area contributed by atoms with E-state index in [0.717, 1.165) is 30.4 Å². The average molecular weight is 312 g/mol. The minimum Gasteiger partial charge on any atom is -0.363 e. The average Bonchev–Trinajstić information content (AvgIpc) is 3.07. The number of hydrogen-bond acceptors (Lipinski definition) is 6. The Labute approximate surface area is 137 Å². The van der Waals surface area contributed by atoms with E-state index in [9.17, 15) is 0 Å². The van der Waals surface area contributed by atoms with Gasteiger partial charge in [0.25, 0.3) is 0 Å². The highest BCUT2D eigenvalue weighted by Crippen LogP contribution is 2.20. The Morgan fingerprint density at radius 1 is 1.17 bits per heavy atom. The second-order valence-corrected chi connectivity index (χ2v) is 6.16. The minimum absolute atomic E-state index is 0.647. The first kappa shape index (κ1) is 15.5. The van der Waals surface area contributed by atoms with Crippen molar-refractivity contribution in [2.45, 2.75) is 26.3 Å². The van der Waals surface area contributed by atoms with Crippen LogP contribution in [0.4, 0.5) is 17.6 Å². The topological polar surface area (TPSA) is 57.2 Å². The lowest BCUT2D eigenvalue weighted by molar-refractivity contribution is 0.920. The van der Waals surface area contributed by atoms with Crippen LogP contribution in [0, 0.1) is 6.92 Å². The molecule has 1 fully saturated rings. The van der Waals surface area contributed by atoms with Gasteiger partial charge in [0.1, 0.15) is 11.6 Å². The molecule has 0 aliphatic carbocycles. The first-order valence-electron chi connectivity index (χ1n) is 8.08. The fourth-order valence-electron chi connectivity index (χ4n) is 2.80. The van der Waals surface area contributed by atoms with Gasteiger partial charge >= 0.3 is 0 Å². The third-order valence-electron chi connectivity index (χ3n) is 3.98. The molecular weight excluding hydrogens is 288 g/mol. The van der Waals surface area contributed by atoms with Crippen LogP contribution in [0.3, 0.4) is 0 Å². The number of nitrogens with zero attached hydrogens (tertiary/aromatic N) is 5. The predicted molar refractivity (Wildman–Crippen MR) is 94.1 cm³/mol. The summed E-state index contributed by atoms with van der Waals surface area (Å²) >= 11 is 0. The normalized spacial score (nSPS) is 14.1. The van der Waals surface area contributed by atoms with E-state index in [0.29, 0.717) is 12.5 Å². The van der Waals surface area contributed by atoms with Crippen LogP contribution in [0.5, 0.6) is 0 Å². The Bertz CT molecular complexity index is 664. The third kappa shape index (κ3) is 3.88. The highest BCUT2D eigenvalue weighted by atomic mass is 15.2. The monoisotopic (exact) mass is 312 g/mol. The van der Waals surface area contributed by atoms with Crippen molar-refractivity contribution in [3.63, 3.8) is 0 Å². The third-order valence-corrected chi connectivity index (χ3v) is 3.98. The SMILES string of the molecule is Cc1cc(CNc2nccc(N(C)C)n2)cc(N2CCCC2)n1. The number of pyridine rings is 1. The summed E-state index contributed by atoms with van der Waals surface area (Å²) in [4.78, 5) is 17.8. The molecule has 1 aliphatic heterocycles. The summed E-state index contributed by atoms with van der Waals surface area (Å²) in [7, 11) is 3.95. The highest BCUT2D eigenvalue weighted by molar-refractivity contribution is 5.45. The van der Waals surface area contributed by atoms with Gasteiger partial charge < -0.3 is 15.1 Å². The number of nitrogens with one attached hydrogen (secondary N) is 1. The molecule has 0 spiro atoms. The maximum absolute atomic E-state index is 4.67. The number of hydrogen-bond donors (Lipinski definition) is 1. The van der Waals surface area contributed by atoms with E-state index in [1.165, 1.54) is 18.4 Å². The van der Waals surface area contributed by atoms with Gasteiger partial charge in [-0.1, -0.05) is 0 Å². The van der Waals surface area contributed by atoms with Crippen molar-refractivity contribution >= 4 is 17.6 Å². The van der Waals surface area contributed by atoms with Crippen molar-refractivity contribution in [2.24, 2.45) is 0 Å². The summed E-state index contributed by atoms with van der Waals surface area (Å²) in [5.74, 6) is 2.63. The van der Waals surface area contributed by atoms with Crippen molar-refractivity contribution in [2.75, 3.05) is 42.3 Å². The van der Waals surface area contributed by atoms with E-state index in [2.05, 4.69) is 37.3 Å². The second kappa shape index (κ2) is 6.81. The van der Waals surface area contributed by atoms with Crippen molar-refractivity contribution in [3.05, 3.63) is 35.7 Å². The Kier molecular flexibility index (Phi) is 4.60. The van der Waals surface area contributed by atoms with E-state index >= 15 is 0 Å². The zero-order valence-corrected chi connectivity index (χ0v) is 14.1. The van der Waals surface area contributed by atoms with Gasteiger partial charge in [0.15, 0.2) is 0 Å². The van der Waals surface area contributed by atoms with Crippen LogP contribution >= 0.6 is 0 Å². The van der Waals surface area contributed by atoms with Crippen LogP contribution in [0.2, 0.25) is 0 Å². The van der Waals surface area contributed by atoms with Crippen LogP contribution in [-0.4, -0.2) is 42.1 Å². The Balaban J connectivity index is 1.71. The predicted octanol–water partition coefficient (Wildman–Crippen LogP) is 2.46. The zero-order chi connectivity index (χ0) is 16.2. The fourth-order valence-corrected chi connectivity index (χ4v) is 2.80. The van der Waals surface area contributed by atoms with Gasteiger partial charge in [-0.2, -0.15) is 4.98 Å². The quantitative estimate of drug-likeness (QED) is 0.915. The van der Waals surface area contributed by atoms with Crippen LogP contribution < -0.4 is 15.1 Å². The molecule has 6 heteroatoms. The molecule has 3 heterocycles. The minimum atomic E-state index is 0.647. The van der Waals surface area contributed by atoms with Crippen LogP contribution in [0.1, 0.15) is 24.1 Å². The lowest BCUT2D eigenvalue weighted by Crippen LogP contribution is -2.19. The van der Waals surface area contributed by atoms with E-state index < -0.39 is 0 Å². The molecule has 122 valence electrons. The van der Waals surface area contributed by atoms with Gasteiger partial charge in [0.2, 0.25) is 5.95 Å². The molecule has 1 aliphatic rings. The van der Waals surface area contributed by atoms with E-state index in [4.69, 9.17) is 0 Å². The standard InChI is InChI=1S/C17H24N6/c1-13-10-14(11-16(20-13)23-8-4-5-9-23)12-19-17-18-7-6-15(21-17)22(2)3/h6-7,10-11H,4-5,8-9,12H2,1-3H3,(H,18,19,21). The summed E-state index contributed by atoms with van der Waals surface area (Å²) in [5, 5.41) is 3.31. The number of aromatic nitrogens is 3. The van der Waals surface area contributed by atoms with Crippen LogP contribution in [0.25, 0.3) is 0 Å². The van der Waals surface area contributed by atoms with Gasteiger partial charge in [-0.05, 0) is 43.5 Å². The molecule has 2 aromatic heterocycles. The van der Waals surface area contributed by atoms with Crippen molar-refractivity contribution in [1.29, 1.82) is 0 Å². The fraction of sp³-hybridized carbons (Fsp3) is 0.471. The summed E-state index contributed by atoms with van der Waals surface area (Å²) in [5.41, 5.74) is 2.26. The molecule has 0 radical (unpaired) electrons. The van der Waals surface area contributed by atoms with Crippen molar-refractivity contribution in [3.8, 4) is 0 Å². The van der Waals surface area contributed by atoms with Crippen molar-refractivity contribution in [1.82, 2.24) is 15.0 Å². The Morgan fingerprint density at radius 2 is 1.96 bits per heavy atom. The van der Waals surface area contributed by atoms with Crippen LogP contribution in [-0.2, 0) is 6.54 Å². The van der Waals surface area contributed by atoms with E-state index in [-0.39, 0.29) is 0 Å². The molecule has 1 N–H and O–H groups in total. The van der Waals surface area contributed by atoms with Crippen LogP contribution in [0.15, 0.2) is 24.4 Å². The molecule has 3 rings (SSSR count). The summed E-state index contributed by atoms with van der Waals surface area (Å²) in [6.07, 6.45) is 4.29. The Morgan fingerprint density at radius 3 is 2.70 bits per heavy atom. The highest BCUT2D eigenvalue weighted by Gasteiger charge is 2.14. The van der Waals surface area contributed by atoms with Gasteiger partial charge in [0.05, 0.1) is 0 Å². The first-order chi connectivity index (χ1) is 11.1. The van der Waals surface area contributed by atoms with Gasteiger partial charge in [-0.3, -0.25) is 0 Å². The molecule has 0 saturated carbocycles. The first-order valence-corrected chi connectivity index (χ1v) is 8.08. The van der Waals surface area contributed by atoms with Crippen molar-refractivity contribution < 1.29 is 0 Å². The van der Waals surface area contributed by atoms with E-state index in [1.54, 1.807) is 6.20 Å². The molecule has 0 unspecified atom stereocenters. The summed E-state index contributed by atoms with van der Waals surface area (Å²) in [6.45, 7) is 4.96. The van der Waals surface area contributed by atoms with Gasteiger partial charge in [-0.25, -0.2) is 9.97 Å². The lowest BCUT2D eigenvalue weighted by Gasteiger charge is -2.18. The number of rotatable bonds is 5. The molecule has 2 aromatic rings. The maximum atomic E-state index is 4.67. The lowest BCUT2D eigenvalue weighted by atomic mass is 10.2. The molecule has 0 atom stereocenters. The molecule has 23 heavy (non-hydrogen) atoms. The second-order valence-electron chi connectivity index (χ2n) is 6.16.